The first-order chi connectivity index (χ1) is 14.8. The summed E-state index contributed by atoms with van der Waals surface area (Å²) < 4.78 is 0. The first-order valence-corrected chi connectivity index (χ1v) is 7.43. The van der Waals surface area contributed by atoms with E-state index < -0.39 is 77.6 Å². The molecule has 33 heavy (non-hydrogen) atoms. The zero-order chi connectivity index (χ0) is 24.9. The summed E-state index contributed by atoms with van der Waals surface area (Å²) >= 11 is 0. The Balaban J connectivity index is 0.000000602. The van der Waals surface area contributed by atoms with E-state index in [1.807, 2.05) is 0 Å². The molecule has 0 bridgehead atoms. The van der Waals surface area contributed by atoms with Crippen molar-refractivity contribution in [2.75, 3.05) is 0 Å². The third-order valence-corrected chi connectivity index (χ3v) is 3.59. The summed E-state index contributed by atoms with van der Waals surface area (Å²) in [5.41, 5.74) is 10.3. The van der Waals surface area contributed by atoms with Crippen LogP contribution in [0.3, 0.4) is 0 Å². The minimum Gasteiger partial charge on any atom is -0.835 e. The minimum atomic E-state index is -2.27. The predicted octanol–water partition coefficient (Wildman–Crippen LogP) is -3.17. The largest absolute Gasteiger partial charge is 2.00 e. The molecule has 0 spiro atoms. The van der Waals surface area contributed by atoms with Crippen molar-refractivity contribution in [2.24, 2.45) is 0 Å². The van der Waals surface area contributed by atoms with Gasteiger partial charge in [-0.3, -0.25) is 40.5 Å². The van der Waals surface area contributed by atoms with Crippen LogP contribution in [0.2, 0.25) is 0 Å². The van der Waals surface area contributed by atoms with Gasteiger partial charge >= 0.3 is 56.9 Å². The number of hydrogen-bond acceptors (Lipinski definition) is 12. The van der Waals surface area contributed by atoms with Crippen molar-refractivity contribution in [3.05, 3.63) is 98.0 Å². The monoisotopic (exact) mass is 542 g/mol. The predicted molar refractivity (Wildman–Crippen MR) is 94.0 cm³/mol. The van der Waals surface area contributed by atoms with Gasteiger partial charge in [0.15, 0.2) is 0 Å². The van der Waals surface area contributed by atoms with Crippen molar-refractivity contribution in [2.45, 2.75) is 12.2 Å². The summed E-state index contributed by atoms with van der Waals surface area (Å²) in [6.45, 7) is 0. The molecule has 0 fully saturated rings. The van der Waals surface area contributed by atoms with Crippen LogP contribution in [0.5, 0.6) is 0 Å². The van der Waals surface area contributed by atoms with E-state index in [1.54, 1.807) is 0 Å². The van der Waals surface area contributed by atoms with Crippen LogP contribution in [0, 0.1) is 40.5 Å². The summed E-state index contributed by atoms with van der Waals surface area (Å²) in [5, 5.41) is 82.4. The van der Waals surface area contributed by atoms with Gasteiger partial charge < -0.3 is 31.5 Å². The Morgan fingerprint density at radius 1 is 0.697 bits per heavy atom. The summed E-state index contributed by atoms with van der Waals surface area (Å²) in [4.78, 5) is 41.6. The van der Waals surface area contributed by atoms with Gasteiger partial charge in [0.1, 0.15) is 12.2 Å². The van der Waals surface area contributed by atoms with Gasteiger partial charge in [-0.1, -0.05) is 0 Å². The number of hydrogen-bond donors (Lipinski definition) is 2. The molecule has 2 aliphatic carbocycles. The maximum Gasteiger partial charge on any atom is 2.00 e. The van der Waals surface area contributed by atoms with Gasteiger partial charge in [0, 0.05) is 0 Å². The summed E-state index contributed by atoms with van der Waals surface area (Å²) in [6, 6.07) is 0. The molecule has 21 heteroatoms. The zero-order valence-corrected chi connectivity index (χ0v) is 19.0. The maximum absolute atomic E-state index is 11.2. The van der Waals surface area contributed by atoms with Crippen molar-refractivity contribution in [3.8, 4) is 0 Å². The first kappa shape index (κ1) is 29.3. The molecule has 0 aromatic rings. The Labute approximate surface area is 215 Å². The number of rotatable bonds is 4. The topological polar surface area (TPSA) is 332 Å². The molecule has 2 unspecified atom stereocenters. The van der Waals surface area contributed by atoms with Gasteiger partial charge in [0.2, 0.25) is 0 Å². The van der Waals surface area contributed by atoms with Crippen molar-refractivity contribution >= 4 is 56.9 Å². The van der Waals surface area contributed by atoms with Crippen LogP contribution < -0.4 is 10.2 Å². The second-order valence-electron chi connectivity index (χ2n) is 5.37. The van der Waals surface area contributed by atoms with E-state index in [0.717, 1.165) is 0 Å². The van der Waals surface area contributed by atoms with E-state index in [4.69, 9.17) is 21.3 Å². The molecule has 2 rings (SSSR count). The maximum atomic E-state index is 11.2. The molecule has 20 nitrogen and oxygen atoms in total. The number of nitro groups is 4. The van der Waals surface area contributed by atoms with E-state index in [0.29, 0.717) is 12.2 Å². The fraction of sp³-hybridized carbons (Fsp3) is 0.167. The van der Waals surface area contributed by atoms with Crippen molar-refractivity contribution in [1.29, 1.82) is 0 Å². The van der Waals surface area contributed by atoms with E-state index >= 15 is 0 Å². The Morgan fingerprint density at radius 2 is 0.970 bits per heavy atom. The Hall–Kier alpha value is -3.68. The molecule has 0 aromatic heterocycles. The van der Waals surface area contributed by atoms with Gasteiger partial charge in [0.05, 0.1) is 31.9 Å². The average molecular weight is 542 g/mol. The van der Waals surface area contributed by atoms with Gasteiger partial charge in [0.25, 0.3) is 34.3 Å². The molecule has 2 N–H and O–H groups in total. The molecule has 0 saturated carbocycles. The van der Waals surface area contributed by atoms with Crippen LogP contribution >= 0.6 is 0 Å². The second-order valence-corrected chi connectivity index (χ2v) is 5.37. The Bertz CT molecular complexity index is 1070. The molecule has 0 saturated heterocycles. The van der Waals surface area contributed by atoms with E-state index in [-0.39, 0.29) is 45.5 Å². The van der Waals surface area contributed by atoms with Gasteiger partial charge in [-0.15, -0.1) is 0 Å². The van der Waals surface area contributed by atoms with E-state index in [2.05, 4.69) is 9.58 Å². The summed E-state index contributed by atoms with van der Waals surface area (Å²) in [5.74, 6) is -2.66. The molecule has 2 aliphatic rings. The van der Waals surface area contributed by atoms with Crippen LogP contribution in [0.4, 0.5) is 0 Å². The Morgan fingerprint density at radius 3 is 1.15 bits per heavy atom. The quantitative estimate of drug-likeness (QED) is 0.117. The summed E-state index contributed by atoms with van der Waals surface area (Å²) in [6.07, 6.45) is -3.60. The number of aliphatic hydroxyl groups excluding tert-OH is 2. The normalized spacial score (nSPS) is 19.6. The van der Waals surface area contributed by atoms with Crippen LogP contribution in [0.1, 0.15) is 0 Å². The number of nitrogens with zero attached hydrogens (tertiary/aromatic N) is 8. The third kappa shape index (κ3) is 6.19. The number of aliphatic hydroxyl groups is 2. The smallest absolute Gasteiger partial charge is 0.835 e. The van der Waals surface area contributed by atoms with Gasteiger partial charge in [-0.25, -0.2) is 0 Å². The van der Waals surface area contributed by atoms with E-state index in [1.165, 1.54) is 0 Å². The standard InChI is InChI=1S/2C6H3N4O6.Sr/c2*7-8-2-1-3(9(13)14)6(12)4(5(2)11)10(15)16;/h2*1,5,12H;/q2*-1;+2. The minimum absolute atomic E-state index is 0. The molecule has 168 valence electrons. The van der Waals surface area contributed by atoms with E-state index in [9.17, 15) is 50.7 Å². The van der Waals surface area contributed by atoms with Crippen molar-refractivity contribution < 1.29 is 49.7 Å². The molecule has 0 aromatic carbocycles. The van der Waals surface area contributed by atoms with Gasteiger partial charge in [-0.2, -0.15) is 9.58 Å². The molecular weight excluding hydrogens is 536 g/mol. The molecule has 0 radical (unpaired) electrons. The third-order valence-electron chi connectivity index (χ3n) is 3.59. The summed E-state index contributed by atoms with van der Waals surface area (Å²) in [7, 11) is 0. The van der Waals surface area contributed by atoms with Crippen LogP contribution in [0.25, 0.3) is 11.1 Å². The fourth-order valence-corrected chi connectivity index (χ4v) is 2.16. The molecule has 0 heterocycles. The molecular formula is C12H6N8O12Sr. The first-order valence-electron chi connectivity index (χ1n) is 7.43. The average Bonchev–Trinajstić information content (AvgIpc) is 2.67. The molecule has 0 aliphatic heterocycles. The van der Waals surface area contributed by atoms with Crippen LogP contribution in [0.15, 0.2) is 46.5 Å². The Kier molecular flexibility index (Phi) is 10.5. The molecule has 0 amide bonds. The van der Waals surface area contributed by atoms with Crippen molar-refractivity contribution in [1.82, 2.24) is 0 Å². The fourth-order valence-electron chi connectivity index (χ4n) is 2.16. The SMILES string of the molecule is [N-]=[N+]=C1C=C([N+](=O)[O-])C(O)=C([N+](=O)[O-])C1[O-].[N-]=[N+]=C1C=C([N+](=O)[O-])C(O)=C([N+](=O)[O-])C1[O-].[Sr+2]. The second kappa shape index (κ2) is 11.8. The van der Waals surface area contributed by atoms with Crippen molar-refractivity contribution in [3.63, 3.8) is 0 Å². The van der Waals surface area contributed by atoms with Crippen LogP contribution in [-0.2, 0) is 0 Å². The van der Waals surface area contributed by atoms with Crippen LogP contribution in [-0.4, -0.2) is 109 Å². The molecule has 2 atom stereocenters. The zero-order valence-electron chi connectivity index (χ0n) is 15.6. The van der Waals surface area contributed by atoms with Gasteiger partial charge in [-0.05, 0) is 0 Å².